The zero-order valence-electron chi connectivity index (χ0n) is 11.6. The van der Waals surface area contributed by atoms with Gasteiger partial charge in [-0.3, -0.25) is 14.2 Å². The maximum atomic E-state index is 12.5. The number of aliphatic carboxylic acids is 1. The van der Waals surface area contributed by atoms with Crippen LogP contribution in [-0.4, -0.2) is 27.7 Å². The Labute approximate surface area is 129 Å². The van der Waals surface area contributed by atoms with Gasteiger partial charge in [-0.1, -0.05) is 12.1 Å². The second-order valence-corrected chi connectivity index (χ2v) is 5.49. The predicted molar refractivity (Wildman–Crippen MR) is 83.5 cm³/mol. The summed E-state index contributed by atoms with van der Waals surface area (Å²) in [5.74, 6) is -0.395. The van der Waals surface area contributed by atoms with Gasteiger partial charge in [0, 0.05) is 10.9 Å². The molecule has 1 N–H and O–H groups in total. The van der Waals surface area contributed by atoms with E-state index in [1.54, 1.807) is 7.11 Å². The van der Waals surface area contributed by atoms with E-state index in [2.05, 4.69) is 4.98 Å². The molecule has 0 bridgehead atoms. The van der Waals surface area contributed by atoms with Crippen LogP contribution in [0.5, 0.6) is 5.75 Å². The van der Waals surface area contributed by atoms with Gasteiger partial charge in [0.15, 0.2) is 0 Å². The Morgan fingerprint density at radius 1 is 1.45 bits per heavy atom. The van der Waals surface area contributed by atoms with Crippen molar-refractivity contribution in [1.82, 2.24) is 9.55 Å². The highest BCUT2D eigenvalue weighted by Crippen LogP contribution is 2.32. The molecule has 6 nitrogen and oxygen atoms in total. The Balaban J connectivity index is 2.22. The fraction of sp³-hybridized carbons (Fsp3) is 0.133. The van der Waals surface area contributed by atoms with Crippen molar-refractivity contribution in [3.8, 4) is 16.9 Å². The van der Waals surface area contributed by atoms with Gasteiger partial charge in [-0.2, -0.15) is 0 Å². The van der Waals surface area contributed by atoms with Crippen molar-refractivity contribution in [2.45, 2.75) is 6.54 Å². The molecule has 0 radical (unpaired) electrons. The van der Waals surface area contributed by atoms with Gasteiger partial charge in [-0.15, -0.1) is 11.3 Å². The number of carbonyl (C=O) groups is 1. The highest BCUT2D eigenvalue weighted by atomic mass is 32.1. The lowest BCUT2D eigenvalue weighted by atomic mass is 10.1. The van der Waals surface area contributed by atoms with E-state index >= 15 is 0 Å². The molecule has 0 saturated carbocycles. The lowest BCUT2D eigenvalue weighted by Crippen LogP contribution is -2.24. The number of thiophene rings is 1. The molecule has 0 atom stereocenters. The summed E-state index contributed by atoms with van der Waals surface area (Å²) < 4.78 is 6.30. The number of benzene rings is 1. The molecule has 7 heteroatoms. The van der Waals surface area contributed by atoms with Crippen molar-refractivity contribution < 1.29 is 14.6 Å². The van der Waals surface area contributed by atoms with Gasteiger partial charge in [0.25, 0.3) is 5.56 Å². The van der Waals surface area contributed by atoms with E-state index in [1.165, 1.54) is 17.7 Å². The van der Waals surface area contributed by atoms with E-state index in [-0.39, 0.29) is 5.56 Å². The van der Waals surface area contributed by atoms with Crippen LogP contribution in [0.25, 0.3) is 21.3 Å². The minimum absolute atomic E-state index is 0.355. The largest absolute Gasteiger partial charge is 0.497 e. The Bertz CT molecular complexity index is 913. The molecule has 0 fully saturated rings. The summed E-state index contributed by atoms with van der Waals surface area (Å²) >= 11 is 1.35. The second-order valence-electron chi connectivity index (χ2n) is 4.63. The molecule has 0 unspecified atom stereocenters. The van der Waals surface area contributed by atoms with E-state index in [4.69, 9.17) is 9.84 Å². The standard InChI is InChI=1S/C15H12N2O4S/c1-21-10-4-2-3-9(5-10)11-7-22-14-13(11)15(20)17(8-16-14)6-12(18)19/h2-5,7-8H,6H2,1H3,(H,18,19). The normalized spacial score (nSPS) is 10.8. The van der Waals surface area contributed by atoms with Gasteiger partial charge in [-0.05, 0) is 17.7 Å². The van der Waals surface area contributed by atoms with Gasteiger partial charge >= 0.3 is 5.97 Å². The van der Waals surface area contributed by atoms with Crippen LogP contribution in [-0.2, 0) is 11.3 Å². The van der Waals surface area contributed by atoms with Crippen molar-refractivity contribution in [3.05, 3.63) is 46.3 Å². The molecule has 0 saturated heterocycles. The molecule has 2 aromatic heterocycles. The highest BCUT2D eigenvalue weighted by molar-refractivity contribution is 7.17. The van der Waals surface area contributed by atoms with Crippen molar-refractivity contribution in [2.75, 3.05) is 7.11 Å². The van der Waals surface area contributed by atoms with Crippen LogP contribution in [0.2, 0.25) is 0 Å². The average molecular weight is 316 g/mol. The number of carboxylic acid groups (broad SMARTS) is 1. The number of aromatic nitrogens is 2. The van der Waals surface area contributed by atoms with E-state index in [1.807, 2.05) is 29.6 Å². The van der Waals surface area contributed by atoms with E-state index in [9.17, 15) is 9.59 Å². The monoisotopic (exact) mass is 316 g/mol. The van der Waals surface area contributed by atoms with E-state index in [0.29, 0.717) is 16.0 Å². The first-order valence-electron chi connectivity index (χ1n) is 6.43. The maximum absolute atomic E-state index is 12.5. The van der Waals surface area contributed by atoms with Crippen LogP contribution in [0.1, 0.15) is 0 Å². The maximum Gasteiger partial charge on any atom is 0.323 e. The van der Waals surface area contributed by atoms with Crippen LogP contribution in [0.15, 0.2) is 40.8 Å². The molecular weight excluding hydrogens is 304 g/mol. The number of hydrogen-bond donors (Lipinski definition) is 1. The topological polar surface area (TPSA) is 81.4 Å². The molecule has 0 aliphatic rings. The van der Waals surface area contributed by atoms with Gasteiger partial charge < -0.3 is 9.84 Å². The number of nitrogens with zero attached hydrogens (tertiary/aromatic N) is 2. The highest BCUT2D eigenvalue weighted by Gasteiger charge is 2.14. The summed E-state index contributed by atoms with van der Waals surface area (Å²) in [6.07, 6.45) is 1.27. The minimum Gasteiger partial charge on any atom is -0.497 e. The van der Waals surface area contributed by atoms with Crippen molar-refractivity contribution in [3.63, 3.8) is 0 Å². The van der Waals surface area contributed by atoms with Gasteiger partial charge in [0.2, 0.25) is 0 Å². The lowest BCUT2D eigenvalue weighted by molar-refractivity contribution is -0.137. The first-order chi connectivity index (χ1) is 10.6. The molecule has 1 aromatic carbocycles. The number of fused-ring (bicyclic) bond motifs is 1. The van der Waals surface area contributed by atoms with Crippen molar-refractivity contribution in [2.24, 2.45) is 0 Å². The quantitative estimate of drug-likeness (QED) is 0.798. The summed E-state index contributed by atoms with van der Waals surface area (Å²) in [5, 5.41) is 11.1. The number of hydrogen-bond acceptors (Lipinski definition) is 5. The Kier molecular flexibility index (Phi) is 3.64. The summed E-state index contributed by atoms with van der Waals surface area (Å²) in [6, 6.07) is 7.36. The minimum atomic E-state index is -1.08. The van der Waals surface area contributed by atoms with Crippen LogP contribution in [0.3, 0.4) is 0 Å². The molecule has 22 heavy (non-hydrogen) atoms. The second kappa shape index (κ2) is 5.61. The Morgan fingerprint density at radius 3 is 3.00 bits per heavy atom. The molecule has 0 amide bonds. The lowest BCUT2D eigenvalue weighted by Gasteiger charge is -2.05. The van der Waals surface area contributed by atoms with Crippen LogP contribution >= 0.6 is 11.3 Å². The third-order valence-corrected chi connectivity index (χ3v) is 4.13. The van der Waals surface area contributed by atoms with E-state index in [0.717, 1.165) is 15.7 Å². The van der Waals surface area contributed by atoms with Crippen molar-refractivity contribution in [1.29, 1.82) is 0 Å². The third kappa shape index (κ3) is 2.46. The zero-order chi connectivity index (χ0) is 15.7. The smallest absolute Gasteiger partial charge is 0.323 e. The van der Waals surface area contributed by atoms with E-state index < -0.39 is 12.5 Å². The predicted octanol–water partition coefficient (Wildman–Crippen LogP) is 2.22. The first kappa shape index (κ1) is 14.3. The molecular formula is C15H12N2O4S. The van der Waals surface area contributed by atoms with Gasteiger partial charge in [0.1, 0.15) is 17.1 Å². The van der Waals surface area contributed by atoms with Crippen LogP contribution in [0, 0.1) is 0 Å². The average Bonchev–Trinajstić information content (AvgIpc) is 2.94. The summed E-state index contributed by atoms with van der Waals surface area (Å²) in [4.78, 5) is 28.1. The zero-order valence-corrected chi connectivity index (χ0v) is 12.5. The summed E-state index contributed by atoms with van der Waals surface area (Å²) in [5.41, 5.74) is 1.21. The summed E-state index contributed by atoms with van der Waals surface area (Å²) in [7, 11) is 1.58. The van der Waals surface area contributed by atoms with Crippen LogP contribution < -0.4 is 10.3 Å². The molecule has 3 aromatic rings. The van der Waals surface area contributed by atoms with Gasteiger partial charge in [0.05, 0.1) is 18.8 Å². The number of carboxylic acids is 1. The molecule has 0 spiro atoms. The first-order valence-corrected chi connectivity index (χ1v) is 7.31. The molecule has 0 aliphatic heterocycles. The molecule has 112 valence electrons. The SMILES string of the molecule is COc1cccc(-c2csc3ncn(CC(=O)O)c(=O)c23)c1. The summed E-state index contributed by atoms with van der Waals surface area (Å²) in [6.45, 7) is -0.408. The number of methoxy groups -OCH3 is 1. The fourth-order valence-electron chi connectivity index (χ4n) is 2.23. The van der Waals surface area contributed by atoms with Gasteiger partial charge in [-0.25, -0.2) is 4.98 Å². The molecule has 3 rings (SSSR count). The third-order valence-electron chi connectivity index (χ3n) is 3.25. The fourth-order valence-corrected chi connectivity index (χ4v) is 3.14. The molecule has 0 aliphatic carbocycles. The molecule has 2 heterocycles. The Hall–Kier alpha value is -2.67. The number of ether oxygens (including phenoxy) is 1. The van der Waals surface area contributed by atoms with Crippen molar-refractivity contribution >= 4 is 27.5 Å². The number of rotatable bonds is 4. The van der Waals surface area contributed by atoms with Crippen LogP contribution in [0.4, 0.5) is 0 Å². The Morgan fingerprint density at radius 2 is 2.27 bits per heavy atom.